The number of nitrogens with zero attached hydrogens (tertiary/aromatic N) is 2. The van der Waals surface area contributed by atoms with E-state index in [1.165, 1.54) is 19.2 Å². The molecular weight excluding hydrogens is 264 g/mol. The van der Waals surface area contributed by atoms with E-state index >= 15 is 0 Å². The van der Waals surface area contributed by atoms with Gasteiger partial charge in [0.25, 0.3) is 5.88 Å². The molecule has 0 spiro atoms. The van der Waals surface area contributed by atoms with Gasteiger partial charge in [-0.3, -0.25) is 10.1 Å². The molecule has 7 heteroatoms. The second-order valence-corrected chi connectivity index (χ2v) is 4.83. The molecule has 1 heterocycles. The standard InChI is InChI=1S/C13H18N2O5/c1-8(2)7-9(3)20-12-11(15(17)18)6-5-10(14-12)13(16)19-4/h5-6,8-9H,7H2,1-4H3. The van der Waals surface area contributed by atoms with Crippen LogP contribution >= 0.6 is 0 Å². The summed E-state index contributed by atoms with van der Waals surface area (Å²) in [5, 5.41) is 10.9. The first kappa shape index (κ1) is 15.9. The summed E-state index contributed by atoms with van der Waals surface area (Å²) in [5.41, 5.74) is -0.293. The van der Waals surface area contributed by atoms with E-state index in [-0.39, 0.29) is 23.4 Å². The van der Waals surface area contributed by atoms with Gasteiger partial charge >= 0.3 is 11.7 Å². The molecule has 0 aromatic carbocycles. The van der Waals surface area contributed by atoms with Crippen molar-refractivity contribution >= 4 is 11.7 Å². The Bertz CT molecular complexity index is 502. The van der Waals surface area contributed by atoms with Crippen molar-refractivity contribution in [2.75, 3.05) is 7.11 Å². The zero-order chi connectivity index (χ0) is 15.3. The van der Waals surface area contributed by atoms with Crippen molar-refractivity contribution in [1.29, 1.82) is 0 Å². The number of methoxy groups -OCH3 is 1. The first-order valence-electron chi connectivity index (χ1n) is 6.25. The number of pyridine rings is 1. The van der Waals surface area contributed by atoms with Gasteiger partial charge in [-0.1, -0.05) is 13.8 Å². The van der Waals surface area contributed by atoms with Crippen molar-refractivity contribution in [2.24, 2.45) is 5.92 Å². The molecular formula is C13H18N2O5. The molecule has 0 aliphatic carbocycles. The van der Waals surface area contributed by atoms with Crippen LogP contribution in [-0.2, 0) is 4.74 Å². The van der Waals surface area contributed by atoms with Crippen molar-refractivity contribution in [1.82, 2.24) is 4.98 Å². The lowest BCUT2D eigenvalue weighted by Gasteiger charge is -2.16. The predicted molar refractivity (Wildman–Crippen MR) is 71.8 cm³/mol. The summed E-state index contributed by atoms with van der Waals surface area (Å²) in [6.45, 7) is 5.84. The third-order valence-electron chi connectivity index (χ3n) is 2.55. The van der Waals surface area contributed by atoms with Gasteiger partial charge in [0, 0.05) is 6.07 Å². The average molecular weight is 282 g/mol. The minimum Gasteiger partial charge on any atom is -0.470 e. The summed E-state index contributed by atoms with van der Waals surface area (Å²) in [5.74, 6) is -0.444. The monoisotopic (exact) mass is 282 g/mol. The van der Waals surface area contributed by atoms with Crippen molar-refractivity contribution in [3.8, 4) is 5.88 Å². The molecule has 20 heavy (non-hydrogen) atoms. The average Bonchev–Trinajstić information content (AvgIpc) is 2.36. The number of carbonyl (C=O) groups is 1. The maximum Gasteiger partial charge on any atom is 0.356 e. The van der Waals surface area contributed by atoms with E-state index in [1.807, 2.05) is 13.8 Å². The van der Waals surface area contributed by atoms with Gasteiger partial charge in [0.15, 0.2) is 5.69 Å². The number of hydrogen-bond donors (Lipinski definition) is 0. The van der Waals surface area contributed by atoms with E-state index in [0.717, 1.165) is 6.42 Å². The van der Waals surface area contributed by atoms with Crippen LogP contribution in [0.1, 0.15) is 37.7 Å². The Balaban J connectivity index is 3.06. The van der Waals surface area contributed by atoms with E-state index in [2.05, 4.69) is 9.72 Å². The number of esters is 1. The van der Waals surface area contributed by atoms with Crippen LogP contribution in [-0.4, -0.2) is 29.1 Å². The molecule has 110 valence electrons. The minimum absolute atomic E-state index is 0.0233. The second kappa shape index (κ2) is 6.83. The lowest BCUT2D eigenvalue weighted by molar-refractivity contribution is -0.386. The lowest BCUT2D eigenvalue weighted by atomic mass is 10.1. The SMILES string of the molecule is COC(=O)c1ccc([N+](=O)[O-])c(OC(C)CC(C)C)n1. The van der Waals surface area contributed by atoms with Crippen LogP contribution in [0.3, 0.4) is 0 Å². The van der Waals surface area contributed by atoms with Gasteiger partial charge in [0.05, 0.1) is 18.1 Å². The zero-order valence-electron chi connectivity index (χ0n) is 12.0. The number of carbonyl (C=O) groups excluding carboxylic acids is 1. The Kier molecular flexibility index (Phi) is 5.42. The summed E-state index contributed by atoms with van der Waals surface area (Å²) >= 11 is 0. The molecule has 0 bridgehead atoms. The molecule has 1 rings (SSSR count). The highest BCUT2D eigenvalue weighted by molar-refractivity contribution is 5.87. The third kappa shape index (κ3) is 4.18. The second-order valence-electron chi connectivity index (χ2n) is 4.83. The van der Waals surface area contributed by atoms with Gasteiger partial charge in [0.2, 0.25) is 0 Å². The normalized spacial score (nSPS) is 12.1. The Morgan fingerprint density at radius 3 is 2.55 bits per heavy atom. The van der Waals surface area contributed by atoms with Crippen LogP contribution in [0.2, 0.25) is 0 Å². The Hall–Kier alpha value is -2.18. The predicted octanol–water partition coefficient (Wildman–Crippen LogP) is 2.59. The molecule has 0 radical (unpaired) electrons. The first-order valence-corrected chi connectivity index (χ1v) is 6.25. The molecule has 0 N–H and O–H groups in total. The van der Waals surface area contributed by atoms with Crippen molar-refractivity contribution in [3.05, 3.63) is 27.9 Å². The van der Waals surface area contributed by atoms with Crippen molar-refractivity contribution in [2.45, 2.75) is 33.3 Å². The van der Waals surface area contributed by atoms with Crippen LogP contribution in [0.4, 0.5) is 5.69 Å². The summed E-state index contributed by atoms with van der Waals surface area (Å²) in [6, 6.07) is 2.43. The summed E-state index contributed by atoms with van der Waals surface area (Å²) in [6.07, 6.45) is 0.482. The van der Waals surface area contributed by atoms with Crippen LogP contribution in [0.5, 0.6) is 5.88 Å². The topological polar surface area (TPSA) is 91.6 Å². The fraction of sp³-hybridized carbons (Fsp3) is 0.538. The molecule has 0 fully saturated rings. The number of hydrogen-bond acceptors (Lipinski definition) is 6. The van der Waals surface area contributed by atoms with Crippen LogP contribution in [0, 0.1) is 16.0 Å². The fourth-order valence-corrected chi connectivity index (χ4v) is 1.78. The number of aromatic nitrogens is 1. The number of nitro groups is 1. The molecule has 1 aromatic heterocycles. The lowest BCUT2D eigenvalue weighted by Crippen LogP contribution is -2.17. The highest BCUT2D eigenvalue weighted by atomic mass is 16.6. The number of rotatable bonds is 6. The van der Waals surface area contributed by atoms with Crippen molar-refractivity contribution < 1.29 is 19.2 Å². The van der Waals surface area contributed by atoms with E-state index in [9.17, 15) is 14.9 Å². The molecule has 0 amide bonds. The quantitative estimate of drug-likeness (QED) is 0.452. The largest absolute Gasteiger partial charge is 0.470 e. The van der Waals surface area contributed by atoms with E-state index in [4.69, 9.17) is 4.74 Å². The summed E-state index contributed by atoms with van der Waals surface area (Å²) in [7, 11) is 1.22. The van der Waals surface area contributed by atoms with Gasteiger partial charge < -0.3 is 9.47 Å². The van der Waals surface area contributed by atoms with Gasteiger partial charge in [-0.15, -0.1) is 0 Å². The molecule has 0 saturated carbocycles. The van der Waals surface area contributed by atoms with Gasteiger partial charge in [0.1, 0.15) is 0 Å². The molecule has 0 aliphatic rings. The van der Waals surface area contributed by atoms with Crippen LogP contribution in [0.15, 0.2) is 12.1 Å². The maximum atomic E-state index is 11.4. The highest BCUT2D eigenvalue weighted by Gasteiger charge is 2.22. The Morgan fingerprint density at radius 2 is 2.05 bits per heavy atom. The molecule has 1 atom stereocenters. The summed E-state index contributed by atoms with van der Waals surface area (Å²) < 4.78 is 10.0. The maximum absolute atomic E-state index is 11.4. The van der Waals surface area contributed by atoms with E-state index in [1.54, 1.807) is 6.92 Å². The van der Waals surface area contributed by atoms with E-state index < -0.39 is 10.9 Å². The molecule has 1 aromatic rings. The van der Waals surface area contributed by atoms with Gasteiger partial charge in [-0.2, -0.15) is 0 Å². The molecule has 1 unspecified atom stereocenters. The number of ether oxygens (including phenoxy) is 2. The smallest absolute Gasteiger partial charge is 0.356 e. The minimum atomic E-state index is -0.665. The first-order chi connectivity index (χ1) is 9.35. The van der Waals surface area contributed by atoms with Crippen molar-refractivity contribution in [3.63, 3.8) is 0 Å². The summed E-state index contributed by atoms with van der Waals surface area (Å²) in [4.78, 5) is 25.6. The highest BCUT2D eigenvalue weighted by Crippen LogP contribution is 2.26. The Morgan fingerprint density at radius 1 is 1.40 bits per heavy atom. The van der Waals surface area contributed by atoms with Gasteiger partial charge in [-0.25, -0.2) is 9.78 Å². The van der Waals surface area contributed by atoms with Crippen LogP contribution in [0.25, 0.3) is 0 Å². The Labute approximate surface area is 117 Å². The molecule has 0 saturated heterocycles. The van der Waals surface area contributed by atoms with E-state index in [0.29, 0.717) is 5.92 Å². The third-order valence-corrected chi connectivity index (χ3v) is 2.55. The van der Waals surface area contributed by atoms with Gasteiger partial charge in [-0.05, 0) is 25.3 Å². The zero-order valence-corrected chi connectivity index (χ0v) is 12.0. The molecule has 7 nitrogen and oxygen atoms in total. The fourth-order valence-electron chi connectivity index (χ4n) is 1.78. The van der Waals surface area contributed by atoms with Crippen LogP contribution < -0.4 is 4.74 Å². The molecule has 0 aliphatic heterocycles.